The minimum absolute atomic E-state index is 0.107. The minimum Gasteiger partial charge on any atom is -0.325 e. The number of fused-ring (bicyclic) bond motifs is 1. The summed E-state index contributed by atoms with van der Waals surface area (Å²) >= 11 is 7.66. The van der Waals surface area contributed by atoms with Crippen LogP contribution in [0, 0.1) is 13.8 Å². The Bertz CT molecular complexity index is 1070. The Hall–Kier alpha value is -2.51. The molecule has 6 nitrogen and oxygen atoms in total. The van der Waals surface area contributed by atoms with Gasteiger partial charge in [-0.3, -0.25) is 4.79 Å². The fraction of sp³-hybridized carbons (Fsp3) is 0.318. The van der Waals surface area contributed by atoms with Gasteiger partial charge < -0.3 is 10.7 Å². The van der Waals surface area contributed by atoms with Gasteiger partial charge in [-0.15, -0.1) is 10.2 Å². The van der Waals surface area contributed by atoms with Gasteiger partial charge in [0.2, 0.25) is 11.1 Å². The molecule has 2 unspecified atom stereocenters. The van der Waals surface area contributed by atoms with E-state index < -0.39 is 5.25 Å². The van der Waals surface area contributed by atoms with Crippen molar-refractivity contribution in [3.05, 3.63) is 70.0 Å². The average molecular weight is 442 g/mol. The molecule has 0 saturated heterocycles. The number of rotatable bonds is 5. The molecule has 3 aromatic rings. The van der Waals surface area contributed by atoms with Crippen molar-refractivity contribution in [2.24, 2.45) is 0 Å². The quantitative estimate of drug-likeness (QED) is 0.589. The van der Waals surface area contributed by atoms with Crippen molar-refractivity contribution in [2.75, 3.05) is 10.7 Å². The van der Waals surface area contributed by atoms with Gasteiger partial charge in [0.05, 0.1) is 6.04 Å². The van der Waals surface area contributed by atoms with Gasteiger partial charge in [0.1, 0.15) is 5.25 Å². The number of amides is 1. The Labute approximate surface area is 185 Å². The number of carbonyl (C=O) groups is 1. The third-order valence-electron chi connectivity index (χ3n) is 5.11. The molecule has 2 N–H and O–H groups in total. The van der Waals surface area contributed by atoms with Crippen molar-refractivity contribution in [3.63, 3.8) is 0 Å². The molecular weight excluding hydrogens is 418 g/mol. The number of hydrogen-bond donors (Lipinski definition) is 2. The number of hydrogen-bond acceptors (Lipinski definition) is 5. The SMILES string of the molecule is CCCc1nnc2n1NC(c1ccc(C)cc1)C(C(=O)Nc1ccc(C)c(Cl)c1)S2. The van der Waals surface area contributed by atoms with E-state index in [1.54, 1.807) is 6.07 Å². The van der Waals surface area contributed by atoms with Gasteiger partial charge in [-0.2, -0.15) is 0 Å². The van der Waals surface area contributed by atoms with Crippen LogP contribution in [0.15, 0.2) is 47.6 Å². The summed E-state index contributed by atoms with van der Waals surface area (Å²) in [5.74, 6) is 0.769. The zero-order valence-corrected chi connectivity index (χ0v) is 18.7. The number of aromatic nitrogens is 3. The Morgan fingerprint density at radius 3 is 2.67 bits per heavy atom. The van der Waals surface area contributed by atoms with Gasteiger partial charge in [-0.1, -0.05) is 66.2 Å². The number of nitrogens with one attached hydrogen (secondary N) is 2. The lowest BCUT2D eigenvalue weighted by molar-refractivity contribution is -0.116. The van der Waals surface area contributed by atoms with E-state index in [-0.39, 0.29) is 11.9 Å². The molecular formula is C22H24ClN5OS. The van der Waals surface area contributed by atoms with Crippen LogP contribution in [0.1, 0.15) is 41.9 Å². The van der Waals surface area contributed by atoms with Gasteiger partial charge >= 0.3 is 0 Å². The van der Waals surface area contributed by atoms with Crippen molar-refractivity contribution in [1.82, 2.24) is 14.9 Å². The first kappa shape index (κ1) is 20.8. The number of thioether (sulfide) groups is 1. The van der Waals surface area contributed by atoms with Crippen molar-refractivity contribution in [2.45, 2.75) is 50.1 Å². The largest absolute Gasteiger partial charge is 0.325 e. The van der Waals surface area contributed by atoms with Crippen molar-refractivity contribution in [3.8, 4) is 0 Å². The summed E-state index contributed by atoms with van der Waals surface area (Å²) in [6, 6.07) is 13.6. The standard InChI is InChI=1S/C22H24ClN5OS/c1-4-5-18-25-26-22-28(18)27-19(15-9-6-13(2)7-10-15)20(30-22)21(29)24-16-11-8-14(3)17(23)12-16/h6-12,19-20,27H,4-5H2,1-3H3,(H,24,29). The van der Waals surface area contributed by atoms with Crippen LogP contribution in [-0.2, 0) is 11.2 Å². The molecule has 1 aromatic heterocycles. The fourth-order valence-corrected chi connectivity index (χ4v) is 4.67. The van der Waals surface area contributed by atoms with Crippen molar-refractivity contribution >= 4 is 35.0 Å². The molecule has 2 heterocycles. The molecule has 0 radical (unpaired) electrons. The van der Waals surface area contributed by atoms with Crippen LogP contribution in [0.3, 0.4) is 0 Å². The number of anilines is 1. The highest BCUT2D eigenvalue weighted by atomic mass is 35.5. The topological polar surface area (TPSA) is 71.8 Å². The number of nitrogens with zero attached hydrogens (tertiary/aromatic N) is 3. The molecule has 0 bridgehead atoms. The van der Waals surface area contributed by atoms with E-state index in [9.17, 15) is 4.79 Å². The van der Waals surface area contributed by atoms with E-state index in [1.165, 1.54) is 17.3 Å². The summed E-state index contributed by atoms with van der Waals surface area (Å²) in [7, 11) is 0. The Morgan fingerprint density at radius 2 is 1.97 bits per heavy atom. The molecule has 0 aliphatic carbocycles. The third kappa shape index (κ3) is 4.18. The minimum atomic E-state index is -0.418. The molecule has 0 spiro atoms. The second-order valence-electron chi connectivity index (χ2n) is 7.49. The lowest BCUT2D eigenvalue weighted by Gasteiger charge is -2.33. The number of halogens is 1. The summed E-state index contributed by atoms with van der Waals surface area (Å²) in [4.78, 5) is 13.3. The number of benzene rings is 2. The zero-order valence-electron chi connectivity index (χ0n) is 17.1. The molecule has 1 aliphatic rings. The van der Waals surface area contributed by atoms with Crippen LogP contribution in [-0.4, -0.2) is 26.0 Å². The van der Waals surface area contributed by atoms with Crippen molar-refractivity contribution in [1.29, 1.82) is 0 Å². The lowest BCUT2D eigenvalue weighted by Crippen LogP contribution is -2.41. The van der Waals surface area contributed by atoms with E-state index >= 15 is 0 Å². The van der Waals surface area contributed by atoms with Gasteiger partial charge in [-0.05, 0) is 43.5 Å². The zero-order chi connectivity index (χ0) is 21.3. The number of carbonyl (C=O) groups excluding carboxylic acids is 1. The molecule has 0 saturated carbocycles. The number of aryl methyl sites for hydroxylation is 3. The lowest BCUT2D eigenvalue weighted by atomic mass is 10.0. The Morgan fingerprint density at radius 1 is 1.20 bits per heavy atom. The maximum Gasteiger partial charge on any atom is 0.240 e. The molecule has 2 aromatic carbocycles. The molecule has 4 rings (SSSR count). The second-order valence-corrected chi connectivity index (χ2v) is 9.01. The smallest absolute Gasteiger partial charge is 0.240 e. The van der Waals surface area contributed by atoms with E-state index in [1.807, 2.05) is 23.7 Å². The van der Waals surface area contributed by atoms with Crippen LogP contribution in [0.5, 0.6) is 0 Å². The summed E-state index contributed by atoms with van der Waals surface area (Å²) in [6.45, 7) is 6.09. The monoisotopic (exact) mass is 441 g/mol. The maximum absolute atomic E-state index is 13.3. The van der Waals surface area contributed by atoms with E-state index in [0.29, 0.717) is 15.9 Å². The molecule has 30 heavy (non-hydrogen) atoms. The molecule has 1 amide bonds. The first-order chi connectivity index (χ1) is 14.5. The van der Waals surface area contributed by atoms with Crippen molar-refractivity contribution < 1.29 is 4.79 Å². The molecule has 8 heteroatoms. The van der Waals surface area contributed by atoms with Gasteiger partial charge in [-0.25, -0.2) is 4.68 Å². The molecule has 2 atom stereocenters. The van der Waals surface area contributed by atoms with E-state index in [2.05, 4.69) is 59.1 Å². The van der Waals surface area contributed by atoms with Gasteiger partial charge in [0, 0.05) is 17.1 Å². The molecule has 0 fully saturated rings. The van der Waals surface area contributed by atoms with Crippen LogP contribution in [0.2, 0.25) is 5.02 Å². The van der Waals surface area contributed by atoms with E-state index in [0.717, 1.165) is 29.8 Å². The predicted octanol–water partition coefficient (Wildman–Crippen LogP) is 4.90. The first-order valence-electron chi connectivity index (χ1n) is 9.97. The normalized spacial score (nSPS) is 17.9. The summed E-state index contributed by atoms with van der Waals surface area (Å²) in [6.07, 6.45) is 1.79. The molecule has 1 aliphatic heterocycles. The summed E-state index contributed by atoms with van der Waals surface area (Å²) in [5.41, 5.74) is 7.35. The second kappa shape index (κ2) is 8.70. The van der Waals surface area contributed by atoms with Crippen LogP contribution < -0.4 is 10.7 Å². The van der Waals surface area contributed by atoms with Gasteiger partial charge in [0.15, 0.2) is 5.82 Å². The molecule has 156 valence electrons. The highest BCUT2D eigenvalue weighted by molar-refractivity contribution is 8.00. The van der Waals surface area contributed by atoms with Gasteiger partial charge in [0.25, 0.3) is 0 Å². The summed E-state index contributed by atoms with van der Waals surface area (Å²) in [5, 5.41) is 12.5. The highest BCUT2D eigenvalue weighted by Gasteiger charge is 2.37. The van der Waals surface area contributed by atoms with Crippen LogP contribution in [0.25, 0.3) is 0 Å². The predicted molar refractivity (Wildman–Crippen MR) is 122 cm³/mol. The van der Waals surface area contributed by atoms with Crippen LogP contribution in [0.4, 0.5) is 5.69 Å². The van der Waals surface area contributed by atoms with E-state index in [4.69, 9.17) is 11.6 Å². The first-order valence-corrected chi connectivity index (χ1v) is 11.2. The third-order valence-corrected chi connectivity index (χ3v) is 6.73. The van der Waals surface area contributed by atoms with Crippen LogP contribution >= 0.6 is 23.4 Å². The Balaban J connectivity index is 1.66. The average Bonchev–Trinajstić information content (AvgIpc) is 3.12. The summed E-state index contributed by atoms with van der Waals surface area (Å²) < 4.78 is 1.92. The Kier molecular flexibility index (Phi) is 6.01. The maximum atomic E-state index is 13.3. The fourth-order valence-electron chi connectivity index (χ4n) is 3.39. The highest BCUT2D eigenvalue weighted by Crippen LogP contribution is 2.38.